The summed E-state index contributed by atoms with van der Waals surface area (Å²) >= 11 is 6.03. The molecule has 1 atom stereocenters. The van der Waals surface area contributed by atoms with Crippen LogP contribution in [0.3, 0.4) is 0 Å². The number of fused-ring (bicyclic) bond motifs is 1. The highest BCUT2D eigenvalue weighted by Gasteiger charge is 2.45. The molecule has 3 N–H and O–H groups in total. The first-order chi connectivity index (χ1) is 20.0. The Morgan fingerprint density at radius 2 is 1.53 bits per heavy atom. The van der Waals surface area contributed by atoms with E-state index in [4.69, 9.17) is 17.3 Å². The molecule has 3 aromatic rings. The number of ketones is 1. The number of anilines is 1. The minimum absolute atomic E-state index is 0. The topological polar surface area (TPSA) is 130 Å². The van der Waals surface area contributed by atoms with Crippen LogP contribution in [0.2, 0.25) is 5.02 Å². The van der Waals surface area contributed by atoms with E-state index >= 15 is 0 Å². The summed E-state index contributed by atoms with van der Waals surface area (Å²) < 4.78 is 27.7. The third kappa shape index (κ3) is 6.49. The lowest BCUT2D eigenvalue weighted by Crippen LogP contribution is -2.53. The summed E-state index contributed by atoms with van der Waals surface area (Å²) in [6.45, 7) is 0.802. The van der Waals surface area contributed by atoms with Gasteiger partial charge in [-0.2, -0.15) is 0 Å². The fourth-order valence-electron chi connectivity index (χ4n) is 6.02. The van der Waals surface area contributed by atoms with E-state index in [-0.39, 0.29) is 31.3 Å². The van der Waals surface area contributed by atoms with Crippen molar-refractivity contribution >= 4 is 57.3 Å². The van der Waals surface area contributed by atoms with Gasteiger partial charge >= 0.3 is 0 Å². The predicted octanol–water partition coefficient (Wildman–Crippen LogP) is 3.58. The van der Waals surface area contributed by atoms with Crippen LogP contribution >= 0.6 is 24.0 Å². The quantitative estimate of drug-likeness (QED) is 0.323. The van der Waals surface area contributed by atoms with Gasteiger partial charge in [-0.25, -0.2) is 8.42 Å². The van der Waals surface area contributed by atoms with Gasteiger partial charge in [0.2, 0.25) is 10.0 Å². The summed E-state index contributed by atoms with van der Waals surface area (Å²) in [6, 6.07) is 19.8. The van der Waals surface area contributed by atoms with E-state index < -0.39 is 33.3 Å². The summed E-state index contributed by atoms with van der Waals surface area (Å²) in [7, 11) is -3.89. The van der Waals surface area contributed by atoms with E-state index in [2.05, 4.69) is 5.32 Å². The van der Waals surface area contributed by atoms with Gasteiger partial charge in [-0.1, -0.05) is 54.1 Å². The molecule has 1 fully saturated rings. The Morgan fingerprint density at radius 1 is 0.977 bits per heavy atom. The van der Waals surface area contributed by atoms with Crippen molar-refractivity contribution in [2.45, 2.75) is 30.7 Å². The van der Waals surface area contributed by atoms with Gasteiger partial charge in [-0.15, -0.1) is 12.4 Å². The Balaban J connectivity index is 0.00000423. The maximum absolute atomic E-state index is 14.3. The summed E-state index contributed by atoms with van der Waals surface area (Å²) in [6.07, 6.45) is 2.26. The normalized spacial score (nSPS) is 16.8. The molecule has 0 aromatic heterocycles. The molecule has 0 saturated carbocycles. The Bertz CT molecular complexity index is 1590. The monoisotopic (exact) mass is 644 g/mol. The number of benzene rings is 3. The van der Waals surface area contributed by atoms with Gasteiger partial charge in [0, 0.05) is 11.6 Å². The largest absolute Gasteiger partial charge is 0.321 e. The van der Waals surface area contributed by atoms with Crippen molar-refractivity contribution in [2.24, 2.45) is 5.73 Å². The van der Waals surface area contributed by atoms with E-state index in [1.54, 1.807) is 60.7 Å². The summed E-state index contributed by atoms with van der Waals surface area (Å²) in [4.78, 5) is 41.3. The fraction of sp³-hybridized carbons (Fsp3) is 0.323. The van der Waals surface area contributed by atoms with E-state index in [0.29, 0.717) is 59.8 Å². The van der Waals surface area contributed by atoms with Crippen LogP contribution < -0.4 is 15.4 Å². The molecular weight excluding hydrogens is 611 g/mol. The van der Waals surface area contributed by atoms with E-state index in [0.717, 1.165) is 16.7 Å². The first-order valence-electron chi connectivity index (χ1n) is 13.8. The smallest absolute Gasteiger partial charge is 0.261 e. The average Bonchev–Trinajstić information content (AvgIpc) is 3.23. The van der Waals surface area contributed by atoms with E-state index in [9.17, 15) is 22.8 Å². The minimum Gasteiger partial charge on any atom is -0.321 e. The first-order valence-corrected chi connectivity index (χ1v) is 16.0. The van der Waals surface area contributed by atoms with Crippen molar-refractivity contribution in [1.29, 1.82) is 0 Å². The summed E-state index contributed by atoms with van der Waals surface area (Å²) in [5.74, 6) is -1.09. The van der Waals surface area contributed by atoms with Crippen LogP contribution in [0.25, 0.3) is 0 Å². The van der Waals surface area contributed by atoms with Gasteiger partial charge in [0.25, 0.3) is 11.8 Å². The molecule has 2 heterocycles. The van der Waals surface area contributed by atoms with Crippen LogP contribution in [0.5, 0.6) is 0 Å². The number of imide groups is 1. The van der Waals surface area contributed by atoms with Crippen LogP contribution in [0.4, 0.5) is 5.69 Å². The molecule has 0 aliphatic carbocycles. The molecule has 0 bridgehead atoms. The maximum atomic E-state index is 14.3. The van der Waals surface area contributed by atoms with Gasteiger partial charge in [-0.05, 0) is 73.8 Å². The molecule has 228 valence electrons. The van der Waals surface area contributed by atoms with Crippen LogP contribution in [0, 0.1) is 0 Å². The highest BCUT2D eigenvalue weighted by Crippen LogP contribution is 2.41. The second-order valence-corrected chi connectivity index (χ2v) is 13.1. The maximum Gasteiger partial charge on any atom is 0.261 e. The molecular formula is C31H34Cl2N4O5S. The van der Waals surface area contributed by atoms with Crippen molar-refractivity contribution in [3.8, 4) is 0 Å². The van der Waals surface area contributed by atoms with Gasteiger partial charge in [0.05, 0.1) is 41.1 Å². The van der Waals surface area contributed by atoms with Gasteiger partial charge in [0.15, 0.2) is 5.78 Å². The van der Waals surface area contributed by atoms with E-state index in [1.165, 1.54) is 4.31 Å². The number of Topliss-reactive ketones (excluding diaryl/α,β-unsaturated/α-hetero) is 1. The third-order valence-electron chi connectivity index (χ3n) is 8.13. The summed E-state index contributed by atoms with van der Waals surface area (Å²) in [5, 5.41) is 3.88. The van der Waals surface area contributed by atoms with Crippen molar-refractivity contribution in [1.82, 2.24) is 10.2 Å². The second kappa shape index (κ2) is 13.2. The van der Waals surface area contributed by atoms with Crippen LogP contribution in [0.15, 0.2) is 72.8 Å². The standard InChI is InChI=1S/C31H33ClN4O5S.ClH/c1-42(40,41)36(19-18-35-29(38)23-6-2-3-7-24(23)30(35)39)27-9-5-4-8-25(27)31(14-16-34-17-15-31)28(37)26(33)20-21-10-12-22(32)13-11-21;/h2-13,26,34H,14-20,33H2,1H3;1H/t26-;/m1./s1. The SMILES string of the molecule is CS(=O)(=O)N(CCN1C(=O)c2ccccc2C1=O)c1ccccc1C1(C(=O)[C@H](N)Cc2ccc(Cl)cc2)CCNCC1.Cl. The van der Waals surface area contributed by atoms with Crippen molar-refractivity contribution in [3.05, 3.63) is 100 Å². The Labute approximate surface area is 262 Å². The van der Waals surface area contributed by atoms with Gasteiger partial charge in [0.1, 0.15) is 0 Å². The second-order valence-electron chi connectivity index (χ2n) is 10.8. The highest BCUT2D eigenvalue weighted by atomic mass is 35.5. The van der Waals surface area contributed by atoms with Crippen LogP contribution in [-0.2, 0) is 26.7 Å². The van der Waals surface area contributed by atoms with Crippen molar-refractivity contribution < 1.29 is 22.8 Å². The number of carbonyl (C=O) groups is 3. The number of para-hydroxylation sites is 1. The number of hydrogen-bond acceptors (Lipinski definition) is 7. The minimum atomic E-state index is -3.89. The van der Waals surface area contributed by atoms with Crippen LogP contribution in [0.1, 0.15) is 44.7 Å². The molecule has 12 heteroatoms. The average molecular weight is 646 g/mol. The molecule has 2 aliphatic heterocycles. The van der Waals surface area contributed by atoms with E-state index in [1.807, 2.05) is 12.1 Å². The number of carbonyl (C=O) groups excluding carboxylic acids is 3. The molecule has 0 unspecified atom stereocenters. The zero-order chi connectivity index (χ0) is 30.1. The summed E-state index contributed by atoms with van der Waals surface area (Å²) in [5.41, 5.74) is 7.88. The zero-order valence-corrected chi connectivity index (χ0v) is 26.1. The van der Waals surface area contributed by atoms with Crippen LogP contribution in [-0.4, -0.2) is 69.4 Å². The molecule has 1 saturated heterocycles. The molecule has 0 radical (unpaired) electrons. The number of nitrogens with two attached hydrogens (primary N) is 1. The zero-order valence-electron chi connectivity index (χ0n) is 23.7. The van der Waals surface area contributed by atoms with Gasteiger partial charge in [-0.3, -0.25) is 23.6 Å². The Morgan fingerprint density at radius 3 is 2.12 bits per heavy atom. The number of halogens is 2. The number of nitrogens with one attached hydrogen (secondary N) is 1. The number of amides is 2. The number of piperidine rings is 1. The molecule has 2 amide bonds. The first kappa shape index (κ1) is 32.6. The Kier molecular flexibility index (Phi) is 9.98. The molecule has 43 heavy (non-hydrogen) atoms. The third-order valence-corrected chi connectivity index (χ3v) is 9.56. The molecule has 0 spiro atoms. The number of hydrogen-bond donors (Lipinski definition) is 2. The van der Waals surface area contributed by atoms with Crippen molar-refractivity contribution in [3.63, 3.8) is 0 Å². The predicted molar refractivity (Wildman–Crippen MR) is 170 cm³/mol. The lowest BCUT2D eigenvalue weighted by atomic mass is 9.67. The highest BCUT2D eigenvalue weighted by molar-refractivity contribution is 7.92. The molecule has 3 aromatic carbocycles. The lowest BCUT2D eigenvalue weighted by Gasteiger charge is -2.41. The number of rotatable bonds is 10. The van der Waals surface area contributed by atoms with Gasteiger partial charge < -0.3 is 11.1 Å². The number of nitrogens with zero attached hydrogens (tertiary/aromatic N) is 2. The fourth-order valence-corrected chi connectivity index (χ4v) is 7.07. The number of sulfonamides is 1. The van der Waals surface area contributed by atoms with Crippen molar-refractivity contribution in [2.75, 3.05) is 36.7 Å². The molecule has 9 nitrogen and oxygen atoms in total. The molecule has 2 aliphatic rings. The lowest BCUT2D eigenvalue weighted by molar-refractivity contribution is -0.127. The molecule has 5 rings (SSSR count). The Hall–Kier alpha value is -3.28.